The van der Waals surface area contributed by atoms with Gasteiger partial charge in [0.15, 0.2) is 0 Å². The summed E-state index contributed by atoms with van der Waals surface area (Å²) in [5.41, 5.74) is 0.734. The highest BCUT2D eigenvalue weighted by molar-refractivity contribution is 7.89. The number of amides is 2. The molecule has 8 nitrogen and oxygen atoms in total. The molecule has 1 N–H and O–H groups in total. The molecule has 1 fully saturated rings. The second kappa shape index (κ2) is 9.62. The quantitative estimate of drug-likeness (QED) is 0.626. The average molecular weight is 500 g/mol. The van der Waals surface area contributed by atoms with Gasteiger partial charge in [0.2, 0.25) is 21.8 Å². The first-order chi connectivity index (χ1) is 16.6. The molecule has 2 aliphatic rings. The van der Waals surface area contributed by atoms with Crippen molar-refractivity contribution in [2.75, 3.05) is 36.5 Å². The highest BCUT2D eigenvalue weighted by Gasteiger charge is 2.45. The van der Waals surface area contributed by atoms with Crippen LogP contribution in [0.1, 0.15) is 46.1 Å². The molecule has 0 bridgehead atoms. The second-order valence-corrected chi connectivity index (χ2v) is 11.7. The Morgan fingerprint density at radius 2 is 1.94 bits per heavy atom. The number of carbonyl (C=O) groups excluding carboxylic acids is 2. The largest absolute Gasteiger partial charge is 0.492 e. The highest BCUT2D eigenvalue weighted by Crippen LogP contribution is 2.43. The van der Waals surface area contributed by atoms with Crippen LogP contribution in [0.5, 0.6) is 5.75 Å². The van der Waals surface area contributed by atoms with E-state index in [1.807, 2.05) is 13.0 Å². The summed E-state index contributed by atoms with van der Waals surface area (Å²) in [4.78, 5) is 27.8. The summed E-state index contributed by atoms with van der Waals surface area (Å²) in [5, 5.41) is 2.82. The Morgan fingerprint density at radius 3 is 2.66 bits per heavy atom. The predicted molar refractivity (Wildman–Crippen MR) is 135 cm³/mol. The number of rotatable bonds is 7. The fourth-order valence-electron chi connectivity index (χ4n) is 4.83. The number of carbonyl (C=O) groups is 2. The number of nitrogens with zero attached hydrogens (tertiary/aromatic N) is 2. The van der Waals surface area contributed by atoms with Crippen LogP contribution in [-0.4, -0.2) is 50.8 Å². The first-order valence-corrected chi connectivity index (χ1v) is 13.5. The molecule has 35 heavy (non-hydrogen) atoms. The van der Waals surface area contributed by atoms with Crippen LogP contribution in [0.3, 0.4) is 0 Å². The molecule has 0 saturated carbocycles. The van der Waals surface area contributed by atoms with Gasteiger partial charge >= 0.3 is 0 Å². The molecule has 0 aromatic heterocycles. The Bertz CT molecular complexity index is 1240. The van der Waals surface area contributed by atoms with Gasteiger partial charge in [-0.3, -0.25) is 9.59 Å². The van der Waals surface area contributed by atoms with Gasteiger partial charge in [0.25, 0.3) is 0 Å². The number of sulfonamides is 1. The van der Waals surface area contributed by atoms with Gasteiger partial charge in [-0.25, -0.2) is 8.42 Å². The van der Waals surface area contributed by atoms with Gasteiger partial charge in [0.1, 0.15) is 12.3 Å². The lowest BCUT2D eigenvalue weighted by Crippen LogP contribution is -2.40. The molecule has 1 atom stereocenters. The number of anilines is 2. The second-order valence-electron chi connectivity index (χ2n) is 9.78. The summed E-state index contributed by atoms with van der Waals surface area (Å²) in [7, 11) is -3.67. The SMILES string of the molecule is CCOc1ccccc1NC(=O)CN1C(=O)C(C)(C)c2cc(S(=O)(=O)N3CCC[C@H](C)C3)ccc21. The fraction of sp³-hybridized carbons (Fsp3) is 0.462. The van der Waals surface area contributed by atoms with Crippen molar-refractivity contribution in [2.24, 2.45) is 5.92 Å². The first-order valence-electron chi connectivity index (χ1n) is 12.0. The molecule has 188 valence electrons. The van der Waals surface area contributed by atoms with Crippen LogP contribution in [0.15, 0.2) is 47.4 Å². The van der Waals surface area contributed by atoms with Gasteiger partial charge in [0.05, 0.1) is 22.6 Å². The van der Waals surface area contributed by atoms with E-state index < -0.39 is 15.4 Å². The zero-order valence-electron chi connectivity index (χ0n) is 20.7. The summed E-state index contributed by atoms with van der Waals surface area (Å²) in [5.74, 6) is 0.251. The summed E-state index contributed by atoms with van der Waals surface area (Å²) >= 11 is 0. The molecule has 9 heteroatoms. The molecule has 0 unspecified atom stereocenters. The molecule has 2 aromatic rings. The van der Waals surface area contributed by atoms with Crippen molar-refractivity contribution in [3.05, 3.63) is 48.0 Å². The van der Waals surface area contributed by atoms with E-state index >= 15 is 0 Å². The summed E-state index contributed by atoms with van der Waals surface area (Å²) < 4.78 is 33.7. The van der Waals surface area contributed by atoms with Crippen molar-refractivity contribution in [3.63, 3.8) is 0 Å². The third-order valence-corrected chi connectivity index (χ3v) is 8.59. The lowest BCUT2D eigenvalue weighted by molar-refractivity contribution is -0.124. The van der Waals surface area contributed by atoms with E-state index in [0.717, 1.165) is 12.8 Å². The van der Waals surface area contributed by atoms with E-state index in [4.69, 9.17) is 4.74 Å². The van der Waals surface area contributed by atoms with Crippen LogP contribution >= 0.6 is 0 Å². The van der Waals surface area contributed by atoms with Crippen LogP contribution in [-0.2, 0) is 25.0 Å². The highest BCUT2D eigenvalue weighted by atomic mass is 32.2. The lowest BCUT2D eigenvalue weighted by atomic mass is 9.86. The molecule has 2 aromatic carbocycles. The third-order valence-electron chi connectivity index (χ3n) is 6.73. The van der Waals surface area contributed by atoms with Crippen molar-refractivity contribution in [1.29, 1.82) is 0 Å². The monoisotopic (exact) mass is 499 g/mol. The molecular weight excluding hydrogens is 466 g/mol. The summed E-state index contributed by atoms with van der Waals surface area (Å²) in [6, 6.07) is 11.9. The van der Waals surface area contributed by atoms with E-state index in [9.17, 15) is 18.0 Å². The van der Waals surface area contributed by atoms with Crippen molar-refractivity contribution in [2.45, 2.75) is 50.8 Å². The molecule has 2 amide bonds. The minimum Gasteiger partial charge on any atom is -0.492 e. The van der Waals surface area contributed by atoms with E-state index in [-0.39, 0.29) is 23.3 Å². The summed E-state index contributed by atoms with van der Waals surface area (Å²) in [6.07, 6.45) is 1.86. The first kappa shape index (κ1) is 25.2. The van der Waals surface area contributed by atoms with Gasteiger partial charge in [-0.2, -0.15) is 4.31 Å². The smallest absolute Gasteiger partial charge is 0.244 e. The molecule has 1 saturated heterocycles. The Labute approximate surface area is 207 Å². The molecule has 0 spiro atoms. The minimum atomic E-state index is -3.67. The number of hydrogen-bond donors (Lipinski definition) is 1. The van der Waals surface area contributed by atoms with Crippen LogP contribution < -0.4 is 15.0 Å². The molecule has 0 radical (unpaired) electrons. The van der Waals surface area contributed by atoms with Crippen molar-refractivity contribution in [3.8, 4) is 5.75 Å². The predicted octanol–water partition coefficient (Wildman–Crippen LogP) is 3.77. The van der Waals surface area contributed by atoms with Gasteiger partial charge in [-0.15, -0.1) is 0 Å². The Kier molecular flexibility index (Phi) is 6.92. The molecular formula is C26H33N3O5S. The van der Waals surface area contributed by atoms with Gasteiger partial charge in [-0.05, 0) is 75.4 Å². The Balaban J connectivity index is 1.59. The number of ether oxygens (including phenoxy) is 1. The third kappa shape index (κ3) is 4.79. The van der Waals surface area contributed by atoms with Crippen LogP contribution in [0.4, 0.5) is 11.4 Å². The van der Waals surface area contributed by atoms with Crippen LogP contribution in [0, 0.1) is 5.92 Å². The van der Waals surface area contributed by atoms with Gasteiger partial charge in [-0.1, -0.05) is 19.1 Å². The fourth-order valence-corrected chi connectivity index (χ4v) is 6.45. The Morgan fingerprint density at radius 1 is 1.20 bits per heavy atom. The zero-order chi connectivity index (χ0) is 25.4. The number of hydrogen-bond acceptors (Lipinski definition) is 5. The maximum Gasteiger partial charge on any atom is 0.244 e. The number of nitrogens with one attached hydrogen (secondary N) is 1. The standard InChI is InChI=1S/C26H33N3O5S/c1-5-34-23-11-7-6-10-21(23)27-24(30)17-29-22-13-12-19(15-20(22)26(3,4)25(29)31)35(32,33)28-14-8-9-18(2)16-28/h6-7,10-13,15,18H,5,8-9,14,16-17H2,1-4H3,(H,27,30)/t18-/m0/s1. The number of benzene rings is 2. The maximum atomic E-state index is 13.3. The number of para-hydroxylation sites is 2. The molecule has 4 rings (SSSR count). The number of piperidine rings is 1. The zero-order valence-corrected chi connectivity index (χ0v) is 21.5. The molecule has 0 aliphatic carbocycles. The topological polar surface area (TPSA) is 96.0 Å². The minimum absolute atomic E-state index is 0.183. The van der Waals surface area contributed by atoms with Crippen molar-refractivity contribution < 1.29 is 22.7 Å². The van der Waals surface area contributed by atoms with Crippen LogP contribution in [0.25, 0.3) is 0 Å². The van der Waals surface area contributed by atoms with Gasteiger partial charge < -0.3 is 15.0 Å². The van der Waals surface area contributed by atoms with E-state index in [2.05, 4.69) is 12.2 Å². The normalized spacial score (nSPS) is 19.9. The maximum absolute atomic E-state index is 13.3. The summed E-state index contributed by atoms with van der Waals surface area (Å²) in [6.45, 7) is 8.71. The molecule has 2 aliphatic heterocycles. The number of fused-ring (bicyclic) bond motifs is 1. The van der Waals surface area contributed by atoms with Crippen molar-refractivity contribution in [1.82, 2.24) is 4.31 Å². The van der Waals surface area contributed by atoms with Crippen molar-refractivity contribution >= 4 is 33.2 Å². The van der Waals surface area contributed by atoms with Gasteiger partial charge in [0, 0.05) is 18.8 Å². The van der Waals surface area contributed by atoms with E-state index in [0.29, 0.717) is 48.3 Å². The lowest BCUT2D eigenvalue weighted by Gasteiger charge is -2.30. The van der Waals surface area contributed by atoms with E-state index in [1.165, 1.54) is 15.3 Å². The van der Waals surface area contributed by atoms with Crippen LogP contribution in [0.2, 0.25) is 0 Å². The average Bonchev–Trinajstić information content (AvgIpc) is 3.00. The molecule has 2 heterocycles. The Hall–Kier alpha value is -2.91. The van der Waals surface area contributed by atoms with E-state index in [1.54, 1.807) is 44.2 Å².